The van der Waals surface area contributed by atoms with E-state index >= 15 is 0 Å². The number of aryl methyl sites for hydroxylation is 1. The lowest BCUT2D eigenvalue weighted by atomic mass is 9.92. The zero-order valence-corrected chi connectivity index (χ0v) is 18.0. The average molecular weight is 367 g/mol. The first-order chi connectivity index (χ1) is 12.3. The lowest BCUT2D eigenvalue weighted by Crippen LogP contribution is -2.40. The maximum absolute atomic E-state index is 6.30. The molecule has 1 atom stereocenters. The van der Waals surface area contributed by atoms with Crippen LogP contribution in [0.15, 0.2) is 72.8 Å². The molecule has 2 aromatic rings. The van der Waals surface area contributed by atoms with E-state index in [1.807, 2.05) is 0 Å². The summed E-state index contributed by atoms with van der Waals surface area (Å²) in [6.07, 6.45) is 6.77. The summed E-state index contributed by atoms with van der Waals surface area (Å²) < 4.78 is 6.30. The summed E-state index contributed by atoms with van der Waals surface area (Å²) in [5.41, 5.74) is 2.78. The zero-order chi connectivity index (χ0) is 19.0. The number of hydrogen-bond acceptors (Lipinski definition) is 1. The maximum Gasteiger partial charge on any atom is 0.192 e. The quantitative estimate of drug-likeness (QED) is 0.361. The highest BCUT2D eigenvalue weighted by Gasteiger charge is 2.36. The van der Waals surface area contributed by atoms with Crippen molar-refractivity contribution in [1.82, 2.24) is 0 Å². The third-order valence-corrected chi connectivity index (χ3v) is 10.0. The fourth-order valence-electron chi connectivity index (χ4n) is 2.73. The highest BCUT2D eigenvalue weighted by molar-refractivity contribution is 6.74. The van der Waals surface area contributed by atoms with E-state index in [2.05, 4.69) is 107 Å². The molecule has 0 radical (unpaired) electrons. The molecule has 0 saturated heterocycles. The van der Waals surface area contributed by atoms with Gasteiger partial charge in [-0.05, 0) is 42.1 Å². The summed E-state index contributed by atoms with van der Waals surface area (Å²) in [4.78, 5) is 0. The summed E-state index contributed by atoms with van der Waals surface area (Å²) in [7, 11) is -1.68. The van der Waals surface area contributed by atoms with Crippen molar-refractivity contribution >= 4 is 8.32 Å². The van der Waals surface area contributed by atoms with Gasteiger partial charge in [0.1, 0.15) is 0 Å². The third-order valence-electron chi connectivity index (χ3n) is 5.53. The van der Waals surface area contributed by atoms with Gasteiger partial charge in [-0.15, -0.1) is 0 Å². The molecular weight excluding hydrogens is 332 g/mol. The Balaban J connectivity index is 2.00. The molecule has 26 heavy (non-hydrogen) atoms. The average Bonchev–Trinajstić information content (AvgIpc) is 2.61. The predicted octanol–water partition coefficient (Wildman–Crippen LogP) is 6.98. The monoisotopic (exact) mass is 366 g/mol. The van der Waals surface area contributed by atoms with E-state index in [9.17, 15) is 0 Å². The molecule has 0 fully saturated rings. The largest absolute Gasteiger partial charge is 0.413 e. The van der Waals surface area contributed by atoms with E-state index in [0.717, 1.165) is 12.8 Å². The molecule has 0 aliphatic rings. The van der Waals surface area contributed by atoms with Crippen LogP contribution >= 0.6 is 0 Å². The van der Waals surface area contributed by atoms with Gasteiger partial charge in [0.15, 0.2) is 8.32 Å². The van der Waals surface area contributed by atoms with E-state index in [1.54, 1.807) is 0 Å². The van der Waals surface area contributed by atoms with Gasteiger partial charge in [0, 0.05) is 5.92 Å². The van der Waals surface area contributed by atoms with Crippen LogP contribution in [0.5, 0.6) is 0 Å². The molecule has 0 spiro atoms. The SMILES string of the molecule is CC(C)(C)[Si](C)(C)OC/C=C/[C@H](CCc1ccccc1)c1ccccc1. The van der Waals surface area contributed by atoms with Gasteiger partial charge >= 0.3 is 0 Å². The Morgan fingerprint density at radius 1 is 0.923 bits per heavy atom. The van der Waals surface area contributed by atoms with Gasteiger partial charge in [-0.1, -0.05) is 93.6 Å². The zero-order valence-electron chi connectivity index (χ0n) is 17.0. The molecule has 2 rings (SSSR count). The summed E-state index contributed by atoms with van der Waals surface area (Å²) in [5.74, 6) is 0.430. The predicted molar refractivity (Wildman–Crippen MR) is 116 cm³/mol. The van der Waals surface area contributed by atoms with Crippen LogP contribution in [0, 0.1) is 0 Å². The Kier molecular flexibility index (Phi) is 7.42. The minimum atomic E-state index is -1.68. The topological polar surface area (TPSA) is 9.23 Å². The normalized spacial score (nSPS) is 13.9. The molecule has 2 heteroatoms. The van der Waals surface area contributed by atoms with Crippen LogP contribution in [0.4, 0.5) is 0 Å². The number of hydrogen-bond donors (Lipinski definition) is 0. The Hall–Kier alpha value is -1.64. The third kappa shape index (κ3) is 6.26. The highest BCUT2D eigenvalue weighted by atomic mass is 28.4. The van der Waals surface area contributed by atoms with Crippen molar-refractivity contribution in [2.24, 2.45) is 0 Å². The first-order valence-corrected chi connectivity index (χ1v) is 12.6. The minimum absolute atomic E-state index is 0.257. The first kappa shape index (κ1) is 20.7. The highest BCUT2D eigenvalue weighted by Crippen LogP contribution is 2.36. The van der Waals surface area contributed by atoms with Crippen LogP contribution in [-0.4, -0.2) is 14.9 Å². The van der Waals surface area contributed by atoms with Gasteiger partial charge in [0.2, 0.25) is 0 Å². The van der Waals surface area contributed by atoms with Crippen molar-refractivity contribution in [2.75, 3.05) is 6.61 Å². The molecule has 0 aromatic heterocycles. The number of rotatable bonds is 8. The van der Waals surface area contributed by atoms with Gasteiger partial charge in [-0.2, -0.15) is 0 Å². The van der Waals surface area contributed by atoms with E-state index in [-0.39, 0.29) is 5.04 Å². The fourth-order valence-corrected chi connectivity index (χ4v) is 3.68. The molecule has 0 aliphatic heterocycles. The molecule has 2 aromatic carbocycles. The van der Waals surface area contributed by atoms with Crippen LogP contribution in [0.25, 0.3) is 0 Å². The molecule has 0 N–H and O–H groups in total. The number of benzene rings is 2. The molecule has 0 aliphatic carbocycles. The van der Waals surface area contributed by atoms with Crippen molar-refractivity contribution < 1.29 is 4.43 Å². The second-order valence-corrected chi connectivity index (χ2v) is 13.4. The van der Waals surface area contributed by atoms with Gasteiger partial charge < -0.3 is 4.43 Å². The standard InChI is InChI=1S/C24H34OSi/c1-24(2,3)26(4,5)25-20-12-17-23(22-15-10-7-11-16-22)19-18-21-13-8-6-9-14-21/h6-17,23H,18-20H2,1-5H3/b17-12+/t23-/m1/s1. The van der Waals surface area contributed by atoms with Crippen molar-refractivity contribution in [3.05, 3.63) is 83.9 Å². The van der Waals surface area contributed by atoms with Crippen molar-refractivity contribution in [3.63, 3.8) is 0 Å². The second kappa shape index (κ2) is 9.34. The molecule has 0 bridgehead atoms. The Labute approximate surface area is 161 Å². The van der Waals surface area contributed by atoms with E-state index in [4.69, 9.17) is 4.43 Å². The van der Waals surface area contributed by atoms with Crippen molar-refractivity contribution in [1.29, 1.82) is 0 Å². The Morgan fingerprint density at radius 3 is 2.08 bits per heavy atom. The summed E-state index contributed by atoms with van der Waals surface area (Å²) >= 11 is 0. The molecule has 0 heterocycles. The Morgan fingerprint density at radius 2 is 1.50 bits per heavy atom. The van der Waals surface area contributed by atoms with Crippen LogP contribution in [0.3, 0.4) is 0 Å². The van der Waals surface area contributed by atoms with Crippen LogP contribution < -0.4 is 0 Å². The minimum Gasteiger partial charge on any atom is -0.413 e. The second-order valence-electron chi connectivity index (χ2n) is 8.54. The van der Waals surface area contributed by atoms with E-state index in [1.165, 1.54) is 11.1 Å². The van der Waals surface area contributed by atoms with Gasteiger partial charge in [-0.3, -0.25) is 0 Å². The lowest BCUT2D eigenvalue weighted by Gasteiger charge is -2.35. The molecule has 0 unspecified atom stereocenters. The molecule has 1 nitrogen and oxygen atoms in total. The molecule has 0 amide bonds. The molecular formula is C24H34OSi. The number of allylic oxidation sites excluding steroid dienone is 1. The van der Waals surface area contributed by atoms with Crippen molar-refractivity contribution in [2.45, 2.75) is 57.7 Å². The van der Waals surface area contributed by atoms with Crippen molar-refractivity contribution in [3.8, 4) is 0 Å². The molecule has 0 saturated carbocycles. The van der Waals surface area contributed by atoms with E-state index in [0.29, 0.717) is 12.5 Å². The maximum atomic E-state index is 6.30. The van der Waals surface area contributed by atoms with Gasteiger partial charge in [-0.25, -0.2) is 0 Å². The van der Waals surface area contributed by atoms with E-state index < -0.39 is 8.32 Å². The van der Waals surface area contributed by atoms with Crippen LogP contribution in [0.1, 0.15) is 44.2 Å². The fraction of sp³-hybridized carbons (Fsp3) is 0.417. The summed E-state index contributed by atoms with van der Waals surface area (Å²) in [6, 6.07) is 21.6. The van der Waals surface area contributed by atoms with Gasteiger partial charge in [0.05, 0.1) is 6.61 Å². The smallest absolute Gasteiger partial charge is 0.192 e. The first-order valence-electron chi connectivity index (χ1n) is 9.69. The van der Waals surface area contributed by atoms with Gasteiger partial charge in [0.25, 0.3) is 0 Å². The summed E-state index contributed by atoms with van der Waals surface area (Å²) in [6.45, 7) is 12.2. The van der Waals surface area contributed by atoms with Crippen LogP contribution in [0.2, 0.25) is 18.1 Å². The summed E-state index contributed by atoms with van der Waals surface area (Å²) in [5, 5.41) is 0.257. The Bertz CT molecular complexity index is 668. The molecule has 140 valence electrons. The van der Waals surface area contributed by atoms with Crippen LogP contribution in [-0.2, 0) is 10.8 Å². The lowest BCUT2D eigenvalue weighted by molar-refractivity contribution is 0.327.